The highest BCUT2D eigenvalue weighted by molar-refractivity contribution is 6.30. The number of rotatable bonds is 2. The van der Waals surface area contributed by atoms with E-state index in [0.29, 0.717) is 0 Å². The summed E-state index contributed by atoms with van der Waals surface area (Å²) in [5.41, 5.74) is 5.58. The number of hydrogen-bond donors (Lipinski definition) is 0. The van der Waals surface area contributed by atoms with E-state index in [-0.39, 0.29) is 0 Å². The van der Waals surface area contributed by atoms with E-state index in [1.54, 1.807) is 0 Å². The molecule has 2 nitrogen and oxygen atoms in total. The molecule has 1 heterocycles. The van der Waals surface area contributed by atoms with Crippen LogP contribution in [0.3, 0.4) is 0 Å². The van der Waals surface area contributed by atoms with Crippen LogP contribution in [0, 0.1) is 0 Å². The molecule has 2 aliphatic rings. The summed E-state index contributed by atoms with van der Waals surface area (Å²) in [5, 5.41) is 0.802. The first kappa shape index (κ1) is 13.7. The van der Waals surface area contributed by atoms with Gasteiger partial charge < -0.3 is 9.80 Å². The van der Waals surface area contributed by atoms with Crippen molar-refractivity contribution >= 4 is 23.4 Å². The van der Waals surface area contributed by atoms with Crippen molar-refractivity contribution in [2.45, 2.75) is 6.42 Å². The molecule has 0 bridgehead atoms. The second-order valence-electron chi connectivity index (χ2n) is 5.96. The lowest BCUT2D eigenvalue weighted by Gasteiger charge is -2.38. The minimum atomic E-state index is 0.802. The maximum Gasteiger partial charge on any atom is 0.0407 e. The lowest BCUT2D eigenvalue weighted by atomic mass is 10.1. The molecule has 1 aliphatic carbocycles. The summed E-state index contributed by atoms with van der Waals surface area (Å²) in [5.74, 6) is 0. The molecule has 4 rings (SSSR count). The van der Waals surface area contributed by atoms with Crippen LogP contribution in [0.25, 0.3) is 6.08 Å². The monoisotopic (exact) mass is 310 g/mol. The van der Waals surface area contributed by atoms with Gasteiger partial charge in [-0.05, 0) is 41.5 Å². The van der Waals surface area contributed by atoms with E-state index in [0.717, 1.165) is 37.6 Å². The fourth-order valence-electron chi connectivity index (χ4n) is 3.37. The van der Waals surface area contributed by atoms with Crippen LogP contribution in [0.1, 0.15) is 11.1 Å². The quantitative estimate of drug-likeness (QED) is 0.825. The Bertz CT molecular complexity index is 698. The Labute approximate surface area is 136 Å². The van der Waals surface area contributed by atoms with E-state index < -0.39 is 0 Å². The zero-order valence-corrected chi connectivity index (χ0v) is 13.3. The van der Waals surface area contributed by atoms with Crippen molar-refractivity contribution in [3.63, 3.8) is 0 Å². The normalized spacial score (nSPS) is 17.4. The number of anilines is 1. The summed E-state index contributed by atoms with van der Waals surface area (Å²) in [6.45, 7) is 4.30. The van der Waals surface area contributed by atoms with Gasteiger partial charge in [-0.1, -0.05) is 35.9 Å². The Morgan fingerprint density at radius 2 is 1.45 bits per heavy atom. The number of piperazine rings is 1. The number of halogens is 1. The number of allylic oxidation sites excluding steroid dienone is 1. The van der Waals surface area contributed by atoms with Gasteiger partial charge in [0, 0.05) is 49.0 Å². The molecule has 0 aromatic heterocycles. The van der Waals surface area contributed by atoms with Gasteiger partial charge in [-0.15, -0.1) is 0 Å². The fourth-order valence-corrected chi connectivity index (χ4v) is 3.49. The number of hydrogen-bond acceptors (Lipinski definition) is 2. The molecule has 3 heteroatoms. The predicted molar refractivity (Wildman–Crippen MR) is 93.4 cm³/mol. The Hall–Kier alpha value is -1.93. The zero-order chi connectivity index (χ0) is 14.9. The summed E-state index contributed by atoms with van der Waals surface area (Å²) < 4.78 is 0. The van der Waals surface area contributed by atoms with Crippen molar-refractivity contribution in [3.8, 4) is 0 Å². The third-order valence-electron chi connectivity index (χ3n) is 4.63. The Morgan fingerprint density at radius 1 is 0.773 bits per heavy atom. The van der Waals surface area contributed by atoms with E-state index in [2.05, 4.69) is 52.3 Å². The summed E-state index contributed by atoms with van der Waals surface area (Å²) in [6, 6.07) is 16.9. The highest BCUT2D eigenvalue weighted by Gasteiger charge is 2.22. The molecule has 0 amide bonds. The summed E-state index contributed by atoms with van der Waals surface area (Å²) >= 11 is 5.97. The predicted octanol–water partition coefficient (Wildman–Crippen LogP) is 4.06. The maximum atomic E-state index is 5.97. The standard InChI is InChI=1S/C19H19ClN2/c20-17-5-7-18(8-6-17)21-9-11-22(12-10-21)19-13-15-3-1-2-4-16(15)14-19/h1-8,13H,9-12,14H2. The molecule has 1 fully saturated rings. The van der Waals surface area contributed by atoms with Crippen LogP contribution in [-0.4, -0.2) is 31.1 Å². The third-order valence-corrected chi connectivity index (χ3v) is 4.88. The van der Waals surface area contributed by atoms with Crippen molar-refractivity contribution in [1.29, 1.82) is 0 Å². The Morgan fingerprint density at radius 3 is 2.18 bits per heavy atom. The number of fused-ring (bicyclic) bond motifs is 1. The van der Waals surface area contributed by atoms with Crippen molar-refractivity contribution in [1.82, 2.24) is 4.90 Å². The van der Waals surface area contributed by atoms with Gasteiger partial charge in [-0.2, -0.15) is 0 Å². The first-order valence-corrected chi connectivity index (χ1v) is 8.21. The van der Waals surface area contributed by atoms with Crippen molar-refractivity contribution in [2.24, 2.45) is 0 Å². The molecular weight excluding hydrogens is 292 g/mol. The van der Waals surface area contributed by atoms with Gasteiger partial charge in [-0.3, -0.25) is 0 Å². The summed E-state index contributed by atoms with van der Waals surface area (Å²) in [7, 11) is 0. The van der Waals surface area contributed by atoms with Crippen LogP contribution in [0.4, 0.5) is 5.69 Å². The molecule has 22 heavy (non-hydrogen) atoms. The molecule has 0 atom stereocenters. The van der Waals surface area contributed by atoms with E-state index in [9.17, 15) is 0 Å². The average molecular weight is 311 g/mol. The molecule has 2 aromatic carbocycles. The smallest absolute Gasteiger partial charge is 0.0407 e. The van der Waals surface area contributed by atoms with Gasteiger partial charge in [0.2, 0.25) is 0 Å². The van der Waals surface area contributed by atoms with Crippen LogP contribution in [0.15, 0.2) is 54.2 Å². The van der Waals surface area contributed by atoms with E-state index >= 15 is 0 Å². The van der Waals surface area contributed by atoms with Crippen LogP contribution in [0.5, 0.6) is 0 Å². The highest BCUT2D eigenvalue weighted by Crippen LogP contribution is 2.28. The highest BCUT2D eigenvalue weighted by atomic mass is 35.5. The minimum absolute atomic E-state index is 0.802. The molecule has 1 saturated heterocycles. The van der Waals surface area contributed by atoms with Gasteiger partial charge >= 0.3 is 0 Å². The van der Waals surface area contributed by atoms with Crippen molar-refractivity contribution in [2.75, 3.05) is 31.1 Å². The molecule has 0 unspecified atom stereocenters. The summed E-state index contributed by atoms with van der Waals surface area (Å²) in [6.07, 6.45) is 3.43. The van der Waals surface area contributed by atoms with Crippen LogP contribution in [0.2, 0.25) is 5.02 Å². The van der Waals surface area contributed by atoms with E-state index in [1.165, 1.54) is 22.5 Å². The van der Waals surface area contributed by atoms with Crippen LogP contribution in [-0.2, 0) is 6.42 Å². The van der Waals surface area contributed by atoms with E-state index in [4.69, 9.17) is 11.6 Å². The molecular formula is C19H19ClN2. The second kappa shape index (κ2) is 5.69. The molecule has 0 N–H and O–H groups in total. The summed E-state index contributed by atoms with van der Waals surface area (Å²) in [4.78, 5) is 4.97. The fraction of sp³-hybridized carbons (Fsp3) is 0.263. The zero-order valence-electron chi connectivity index (χ0n) is 12.5. The molecule has 112 valence electrons. The molecule has 1 aliphatic heterocycles. The first-order chi connectivity index (χ1) is 10.8. The second-order valence-corrected chi connectivity index (χ2v) is 6.40. The van der Waals surface area contributed by atoms with Gasteiger partial charge in [0.1, 0.15) is 0 Å². The van der Waals surface area contributed by atoms with Crippen molar-refractivity contribution in [3.05, 3.63) is 70.4 Å². The molecule has 0 saturated carbocycles. The molecule has 0 spiro atoms. The lowest BCUT2D eigenvalue weighted by Crippen LogP contribution is -2.45. The Balaban J connectivity index is 1.42. The largest absolute Gasteiger partial charge is 0.371 e. The molecule has 0 radical (unpaired) electrons. The maximum absolute atomic E-state index is 5.97. The first-order valence-electron chi connectivity index (χ1n) is 7.83. The van der Waals surface area contributed by atoms with Gasteiger partial charge in [0.15, 0.2) is 0 Å². The lowest BCUT2D eigenvalue weighted by molar-refractivity contribution is 0.319. The van der Waals surface area contributed by atoms with Crippen LogP contribution < -0.4 is 4.90 Å². The van der Waals surface area contributed by atoms with Crippen molar-refractivity contribution < 1.29 is 0 Å². The van der Waals surface area contributed by atoms with E-state index in [1.807, 2.05) is 12.1 Å². The topological polar surface area (TPSA) is 6.48 Å². The third kappa shape index (κ3) is 2.59. The van der Waals surface area contributed by atoms with Gasteiger partial charge in [0.25, 0.3) is 0 Å². The average Bonchev–Trinajstić information content (AvgIpc) is 3.00. The molecule has 2 aromatic rings. The SMILES string of the molecule is Clc1ccc(N2CCN(C3=Cc4ccccc4C3)CC2)cc1. The number of benzene rings is 2. The minimum Gasteiger partial charge on any atom is -0.371 e. The Kier molecular flexibility index (Phi) is 3.55. The number of nitrogens with zero attached hydrogens (tertiary/aromatic N) is 2. The van der Waals surface area contributed by atoms with Crippen LogP contribution >= 0.6 is 11.6 Å². The van der Waals surface area contributed by atoms with Gasteiger partial charge in [0.05, 0.1) is 0 Å². The van der Waals surface area contributed by atoms with Gasteiger partial charge in [-0.25, -0.2) is 0 Å².